The summed E-state index contributed by atoms with van der Waals surface area (Å²) in [4.78, 5) is 26.9. The predicted octanol–water partition coefficient (Wildman–Crippen LogP) is 0.757. The van der Waals surface area contributed by atoms with Gasteiger partial charge < -0.3 is 14.8 Å². The summed E-state index contributed by atoms with van der Waals surface area (Å²) in [6.45, 7) is 8.87. The Morgan fingerprint density at radius 2 is 2.00 bits per heavy atom. The molecular formula is C19H32N4O4. The van der Waals surface area contributed by atoms with E-state index in [1.165, 1.54) is 16.8 Å². The summed E-state index contributed by atoms with van der Waals surface area (Å²) in [5.74, 6) is 0.248. The van der Waals surface area contributed by atoms with Crippen LogP contribution in [0.25, 0.3) is 0 Å². The molecule has 1 aromatic heterocycles. The van der Waals surface area contributed by atoms with Crippen LogP contribution in [0.4, 0.5) is 0 Å². The first-order chi connectivity index (χ1) is 13.1. The van der Waals surface area contributed by atoms with Crippen molar-refractivity contribution in [1.82, 2.24) is 20.0 Å². The Morgan fingerprint density at radius 3 is 2.63 bits per heavy atom. The average molecular weight is 380 g/mol. The normalized spacial score (nSPS) is 16.4. The number of rotatable bonds is 10. The monoisotopic (exact) mass is 380 g/mol. The van der Waals surface area contributed by atoms with Gasteiger partial charge in [0.25, 0.3) is 11.5 Å². The number of methoxy groups -OCH3 is 1. The predicted molar refractivity (Wildman–Crippen MR) is 103 cm³/mol. The number of hydrogen-bond donors (Lipinski definition) is 1. The van der Waals surface area contributed by atoms with Crippen molar-refractivity contribution in [3.05, 3.63) is 28.2 Å². The van der Waals surface area contributed by atoms with E-state index in [1.54, 1.807) is 7.11 Å². The molecule has 2 rings (SSSR count). The third-order valence-electron chi connectivity index (χ3n) is 5.19. The van der Waals surface area contributed by atoms with Crippen LogP contribution in [0.15, 0.2) is 16.9 Å². The largest absolute Gasteiger partial charge is 0.383 e. The average Bonchev–Trinajstić information content (AvgIpc) is 2.71. The molecule has 1 aliphatic heterocycles. The van der Waals surface area contributed by atoms with Gasteiger partial charge in [-0.15, -0.1) is 0 Å². The Balaban J connectivity index is 2.04. The number of nitrogens with zero attached hydrogens (tertiary/aromatic N) is 3. The molecule has 0 saturated carbocycles. The number of amides is 1. The Kier molecular flexibility index (Phi) is 8.90. The van der Waals surface area contributed by atoms with Gasteiger partial charge in [0.2, 0.25) is 0 Å². The molecule has 0 bridgehead atoms. The molecule has 1 aliphatic rings. The van der Waals surface area contributed by atoms with Crippen LogP contribution in [0.3, 0.4) is 0 Å². The van der Waals surface area contributed by atoms with E-state index in [4.69, 9.17) is 9.47 Å². The second kappa shape index (κ2) is 11.2. The van der Waals surface area contributed by atoms with E-state index >= 15 is 0 Å². The first-order valence-electron chi connectivity index (χ1n) is 9.77. The van der Waals surface area contributed by atoms with E-state index in [-0.39, 0.29) is 23.2 Å². The maximum atomic E-state index is 12.6. The second-order valence-corrected chi connectivity index (χ2v) is 6.78. The molecule has 0 spiro atoms. The number of carbonyl (C=O) groups excluding carboxylic acids is 1. The third kappa shape index (κ3) is 6.12. The summed E-state index contributed by atoms with van der Waals surface area (Å²) < 4.78 is 11.7. The Labute approximate surface area is 160 Å². The molecule has 8 heteroatoms. The maximum Gasteiger partial charge on any atom is 0.271 e. The van der Waals surface area contributed by atoms with E-state index in [0.29, 0.717) is 25.6 Å². The lowest BCUT2D eigenvalue weighted by atomic mass is 9.92. The smallest absolute Gasteiger partial charge is 0.271 e. The van der Waals surface area contributed by atoms with Crippen molar-refractivity contribution >= 4 is 5.91 Å². The first-order valence-corrected chi connectivity index (χ1v) is 9.77. The van der Waals surface area contributed by atoms with E-state index in [9.17, 15) is 9.59 Å². The van der Waals surface area contributed by atoms with Crippen molar-refractivity contribution in [2.24, 2.45) is 5.92 Å². The van der Waals surface area contributed by atoms with Crippen LogP contribution in [0.2, 0.25) is 0 Å². The van der Waals surface area contributed by atoms with Gasteiger partial charge in [0.1, 0.15) is 5.69 Å². The van der Waals surface area contributed by atoms with Crippen molar-refractivity contribution < 1.29 is 14.3 Å². The number of morpholine rings is 1. The van der Waals surface area contributed by atoms with Crippen LogP contribution in [-0.2, 0) is 16.0 Å². The van der Waals surface area contributed by atoms with E-state index in [0.717, 1.165) is 39.1 Å². The Hall–Kier alpha value is -1.77. The fraction of sp³-hybridized carbons (Fsp3) is 0.737. The van der Waals surface area contributed by atoms with Gasteiger partial charge in [-0.05, 0) is 12.0 Å². The van der Waals surface area contributed by atoms with Crippen molar-refractivity contribution in [1.29, 1.82) is 0 Å². The minimum atomic E-state index is -0.259. The van der Waals surface area contributed by atoms with Gasteiger partial charge >= 0.3 is 0 Å². The molecule has 1 amide bonds. The molecule has 1 fully saturated rings. The molecular weight excluding hydrogens is 348 g/mol. The van der Waals surface area contributed by atoms with Gasteiger partial charge in [-0.2, -0.15) is 5.10 Å². The number of hydrogen-bond acceptors (Lipinski definition) is 6. The lowest BCUT2D eigenvalue weighted by molar-refractivity contribution is 0.00189. The summed E-state index contributed by atoms with van der Waals surface area (Å²) in [7, 11) is 1.56. The standard InChI is InChI=1S/C19H32N4O4/c1-4-15(5-2)17(22-8-12-27-13-9-22)14-20-19(25)16-6-7-18(24)23(21-16)10-11-26-3/h6-7,15,17H,4-5,8-14H2,1-3H3,(H,20,25). The van der Waals surface area contributed by atoms with Crippen LogP contribution in [0.5, 0.6) is 0 Å². The zero-order valence-corrected chi connectivity index (χ0v) is 16.6. The van der Waals surface area contributed by atoms with Crippen LogP contribution >= 0.6 is 0 Å². The van der Waals surface area contributed by atoms with Crippen LogP contribution in [0, 0.1) is 5.92 Å². The van der Waals surface area contributed by atoms with Gasteiger partial charge in [0.05, 0.1) is 26.4 Å². The number of aromatic nitrogens is 2. The van der Waals surface area contributed by atoms with E-state index in [2.05, 4.69) is 29.2 Å². The summed E-state index contributed by atoms with van der Waals surface area (Å²) in [6.07, 6.45) is 2.13. The topological polar surface area (TPSA) is 85.7 Å². The molecule has 1 atom stereocenters. The molecule has 1 saturated heterocycles. The lowest BCUT2D eigenvalue weighted by Crippen LogP contribution is -2.52. The highest BCUT2D eigenvalue weighted by Gasteiger charge is 2.27. The Bertz CT molecular complexity index is 639. The molecule has 2 heterocycles. The third-order valence-corrected chi connectivity index (χ3v) is 5.19. The second-order valence-electron chi connectivity index (χ2n) is 6.78. The quantitative estimate of drug-likeness (QED) is 0.645. The van der Waals surface area contributed by atoms with Crippen molar-refractivity contribution in [2.45, 2.75) is 39.3 Å². The zero-order valence-electron chi connectivity index (χ0n) is 16.6. The number of ether oxygens (including phenoxy) is 2. The minimum absolute atomic E-state index is 0.244. The zero-order chi connectivity index (χ0) is 19.6. The van der Waals surface area contributed by atoms with Gasteiger partial charge in [-0.1, -0.05) is 26.7 Å². The summed E-state index contributed by atoms with van der Waals surface area (Å²) >= 11 is 0. The maximum absolute atomic E-state index is 12.6. The van der Waals surface area contributed by atoms with Crippen LogP contribution < -0.4 is 10.9 Å². The highest BCUT2D eigenvalue weighted by Crippen LogP contribution is 2.19. The van der Waals surface area contributed by atoms with Crippen molar-refractivity contribution in [3.8, 4) is 0 Å². The fourth-order valence-electron chi connectivity index (χ4n) is 3.53. The van der Waals surface area contributed by atoms with Crippen molar-refractivity contribution in [3.63, 3.8) is 0 Å². The molecule has 152 valence electrons. The minimum Gasteiger partial charge on any atom is -0.383 e. The van der Waals surface area contributed by atoms with Crippen LogP contribution in [-0.4, -0.2) is 73.2 Å². The number of nitrogens with one attached hydrogen (secondary N) is 1. The molecule has 0 radical (unpaired) electrons. The van der Waals surface area contributed by atoms with Gasteiger partial charge in [0.15, 0.2) is 0 Å². The molecule has 1 N–H and O–H groups in total. The molecule has 0 aliphatic carbocycles. The highest BCUT2D eigenvalue weighted by atomic mass is 16.5. The van der Waals surface area contributed by atoms with Gasteiger partial charge in [-0.3, -0.25) is 14.5 Å². The molecule has 8 nitrogen and oxygen atoms in total. The first kappa shape index (κ1) is 21.5. The van der Waals surface area contributed by atoms with Crippen molar-refractivity contribution in [2.75, 3.05) is 46.6 Å². The summed E-state index contributed by atoms with van der Waals surface area (Å²) in [6, 6.07) is 3.12. The molecule has 0 aromatic carbocycles. The van der Waals surface area contributed by atoms with E-state index in [1.807, 2.05) is 0 Å². The van der Waals surface area contributed by atoms with Gasteiger partial charge in [0, 0.05) is 38.9 Å². The molecule has 27 heavy (non-hydrogen) atoms. The highest BCUT2D eigenvalue weighted by molar-refractivity contribution is 5.92. The Morgan fingerprint density at radius 1 is 1.30 bits per heavy atom. The van der Waals surface area contributed by atoms with Crippen LogP contribution in [0.1, 0.15) is 37.2 Å². The lowest BCUT2D eigenvalue weighted by Gasteiger charge is -2.38. The van der Waals surface area contributed by atoms with Gasteiger partial charge in [-0.25, -0.2) is 4.68 Å². The molecule has 1 unspecified atom stereocenters. The SMILES string of the molecule is CCC(CC)C(CNC(=O)c1ccc(=O)n(CCOC)n1)N1CCOCC1. The molecule has 1 aromatic rings. The van der Waals surface area contributed by atoms with E-state index < -0.39 is 0 Å². The fourth-order valence-corrected chi connectivity index (χ4v) is 3.53. The summed E-state index contributed by atoms with van der Waals surface area (Å²) in [5, 5.41) is 7.18. The summed E-state index contributed by atoms with van der Waals surface area (Å²) in [5.41, 5.74) is 0.00259. The number of carbonyl (C=O) groups is 1.